The summed E-state index contributed by atoms with van der Waals surface area (Å²) in [6.45, 7) is 5.57. The first-order chi connectivity index (χ1) is 13.0. The van der Waals surface area contributed by atoms with E-state index in [1.165, 1.54) is 11.3 Å². The van der Waals surface area contributed by atoms with Gasteiger partial charge in [-0.3, -0.25) is 0 Å². The van der Waals surface area contributed by atoms with Crippen LogP contribution in [0, 0.1) is 13.8 Å². The molecule has 0 aliphatic carbocycles. The fraction of sp³-hybridized carbons (Fsp3) is 0.278. The van der Waals surface area contributed by atoms with Crippen molar-refractivity contribution >= 4 is 34.9 Å². The van der Waals surface area contributed by atoms with Gasteiger partial charge in [-0.15, -0.1) is 11.3 Å². The number of thiazole rings is 1. The molecule has 0 saturated carbocycles. The van der Waals surface area contributed by atoms with E-state index in [1.807, 2.05) is 31.2 Å². The molecule has 0 saturated heterocycles. The zero-order valence-corrected chi connectivity index (χ0v) is 16.1. The third-order valence-electron chi connectivity index (χ3n) is 3.77. The fourth-order valence-corrected chi connectivity index (χ4v) is 3.36. The number of carbonyl (C=O) groups excluding carboxylic acids is 1. The summed E-state index contributed by atoms with van der Waals surface area (Å²) in [5.74, 6) is 0.172. The molecule has 3 N–H and O–H groups in total. The highest BCUT2D eigenvalue weighted by Gasteiger charge is 2.16. The van der Waals surface area contributed by atoms with Gasteiger partial charge in [0.25, 0.3) is 0 Å². The smallest absolute Gasteiger partial charge is 0.350 e. The summed E-state index contributed by atoms with van der Waals surface area (Å²) in [5, 5.41) is 3.96. The van der Waals surface area contributed by atoms with Gasteiger partial charge in [-0.1, -0.05) is 25.1 Å². The maximum Gasteiger partial charge on any atom is 0.350 e. The number of rotatable bonds is 6. The predicted molar refractivity (Wildman–Crippen MR) is 104 cm³/mol. The van der Waals surface area contributed by atoms with Crippen molar-refractivity contribution in [2.24, 2.45) is 0 Å². The normalized spacial score (nSPS) is 10.6. The quantitative estimate of drug-likeness (QED) is 0.623. The molecule has 0 fully saturated rings. The third kappa shape index (κ3) is 4.56. The number of nitrogens with zero attached hydrogens (tertiary/aromatic N) is 4. The lowest BCUT2D eigenvalue weighted by atomic mass is 10.1. The highest BCUT2D eigenvalue weighted by Crippen LogP contribution is 2.20. The molecule has 2 aromatic heterocycles. The Morgan fingerprint density at radius 1 is 1.19 bits per heavy atom. The maximum atomic E-state index is 12.2. The van der Waals surface area contributed by atoms with Crippen molar-refractivity contribution in [3.8, 4) is 0 Å². The molecular weight excluding hydrogens is 364 g/mol. The van der Waals surface area contributed by atoms with Crippen molar-refractivity contribution in [3.63, 3.8) is 0 Å². The summed E-state index contributed by atoms with van der Waals surface area (Å²) in [7, 11) is 0. The first kappa shape index (κ1) is 18.7. The Kier molecular flexibility index (Phi) is 5.60. The predicted octanol–water partition coefficient (Wildman–Crippen LogP) is 3.19. The zero-order valence-electron chi connectivity index (χ0n) is 15.3. The summed E-state index contributed by atoms with van der Waals surface area (Å²) in [5.41, 5.74) is 8.45. The highest BCUT2D eigenvalue weighted by molar-refractivity contribution is 7.13. The summed E-state index contributed by atoms with van der Waals surface area (Å²) in [6, 6.07) is 7.86. The number of hydrogen-bond acceptors (Lipinski definition) is 9. The van der Waals surface area contributed by atoms with E-state index in [1.54, 1.807) is 6.92 Å². The van der Waals surface area contributed by atoms with Gasteiger partial charge in [-0.05, 0) is 31.9 Å². The molecule has 8 nitrogen and oxygen atoms in total. The van der Waals surface area contributed by atoms with Gasteiger partial charge < -0.3 is 15.8 Å². The number of para-hydroxylation sites is 1. The van der Waals surface area contributed by atoms with Crippen LogP contribution in [0.4, 0.5) is 17.6 Å². The second kappa shape index (κ2) is 8.09. The van der Waals surface area contributed by atoms with Crippen molar-refractivity contribution in [3.05, 3.63) is 51.2 Å². The third-order valence-corrected chi connectivity index (χ3v) is 4.82. The number of esters is 1. The monoisotopic (exact) mass is 384 g/mol. The van der Waals surface area contributed by atoms with E-state index in [-0.39, 0.29) is 18.4 Å². The first-order valence-electron chi connectivity index (χ1n) is 8.42. The summed E-state index contributed by atoms with van der Waals surface area (Å²) < 4.78 is 5.31. The van der Waals surface area contributed by atoms with Crippen LogP contribution < -0.4 is 11.1 Å². The Balaban J connectivity index is 1.73. The van der Waals surface area contributed by atoms with Crippen LogP contribution in [-0.4, -0.2) is 25.9 Å². The maximum absolute atomic E-state index is 12.2. The number of aryl methyl sites for hydroxylation is 3. The van der Waals surface area contributed by atoms with Crippen molar-refractivity contribution < 1.29 is 9.53 Å². The summed E-state index contributed by atoms with van der Waals surface area (Å²) >= 11 is 1.29. The molecule has 27 heavy (non-hydrogen) atoms. The number of benzene rings is 1. The van der Waals surface area contributed by atoms with Crippen LogP contribution in [-0.2, 0) is 17.8 Å². The number of nitrogen functional groups attached to an aromatic ring is 1. The molecule has 0 aliphatic heterocycles. The summed E-state index contributed by atoms with van der Waals surface area (Å²) in [6.07, 6.45) is 0.863. The Labute approximate surface area is 160 Å². The molecule has 1 aromatic carbocycles. The van der Waals surface area contributed by atoms with Gasteiger partial charge in [0, 0.05) is 5.69 Å². The second-order valence-corrected chi connectivity index (χ2v) is 7.00. The molecule has 0 unspecified atom stereocenters. The van der Waals surface area contributed by atoms with Crippen LogP contribution in [0.1, 0.15) is 38.7 Å². The molecule has 0 bridgehead atoms. The molecular formula is C18H20N6O2S. The minimum absolute atomic E-state index is 0.0531. The molecule has 3 aromatic rings. The summed E-state index contributed by atoms with van der Waals surface area (Å²) in [4.78, 5) is 29.4. The Morgan fingerprint density at radius 2 is 1.96 bits per heavy atom. The molecule has 9 heteroatoms. The van der Waals surface area contributed by atoms with Gasteiger partial charge in [0.15, 0.2) is 12.4 Å². The van der Waals surface area contributed by atoms with E-state index in [4.69, 9.17) is 10.5 Å². The number of aromatic nitrogens is 4. The van der Waals surface area contributed by atoms with E-state index in [0.717, 1.165) is 22.7 Å². The fourth-order valence-electron chi connectivity index (χ4n) is 2.55. The standard InChI is InChI=1S/C18H20N6O2S/c1-4-12-7-5-6-8-13(12)21-18-23-14(22-17(19)24-18)9-26-16(25)15-10(2)20-11(3)27-15/h5-8H,4,9H2,1-3H3,(H3,19,21,22,23,24). The van der Waals surface area contributed by atoms with Crippen LogP contribution in [0.2, 0.25) is 0 Å². The van der Waals surface area contributed by atoms with Crippen molar-refractivity contribution in [2.75, 3.05) is 11.1 Å². The first-order valence-corrected chi connectivity index (χ1v) is 9.24. The Morgan fingerprint density at radius 3 is 2.67 bits per heavy atom. The van der Waals surface area contributed by atoms with E-state index < -0.39 is 5.97 Å². The van der Waals surface area contributed by atoms with Gasteiger partial charge in [-0.25, -0.2) is 9.78 Å². The SMILES string of the molecule is CCc1ccccc1Nc1nc(N)nc(COC(=O)c2sc(C)nc2C)n1. The van der Waals surface area contributed by atoms with Gasteiger partial charge in [0.05, 0.1) is 10.7 Å². The topological polar surface area (TPSA) is 116 Å². The average molecular weight is 384 g/mol. The number of hydrogen-bond donors (Lipinski definition) is 2. The molecule has 0 amide bonds. The van der Waals surface area contributed by atoms with Crippen LogP contribution in [0.25, 0.3) is 0 Å². The van der Waals surface area contributed by atoms with Crippen molar-refractivity contribution in [2.45, 2.75) is 33.8 Å². The molecule has 140 valence electrons. The second-order valence-electron chi connectivity index (χ2n) is 5.79. The zero-order chi connectivity index (χ0) is 19.4. The van der Waals surface area contributed by atoms with Crippen molar-refractivity contribution in [1.29, 1.82) is 0 Å². The van der Waals surface area contributed by atoms with E-state index in [2.05, 4.69) is 32.2 Å². The molecule has 0 radical (unpaired) electrons. The van der Waals surface area contributed by atoms with Gasteiger partial charge in [0.2, 0.25) is 11.9 Å². The number of carbonyl (C=O) groups is 1. The number of anilines is 3. The van der Waals surface area contributed by atoms with Crippen LogP contribution in [0.3, 0.4) is 0 Å². The molecule has 2 heterocycles. The van der Waals surface area contributed by atoms with Gasteiger partial charge in [-0.2, -0.15) is 15.0 Å². The minimum atomic E-state index is -0.456. The van der Waals surface area contributed by atoms with Gasteiger partial charge in [0.1, 0.15) is 4.88 Å². The highest BCUT2D eigenvalue weighted by atomic mass is 32.1. The van der Waals surface area contributed by atoms with E-state index >= 15 is 0 Å². The molecule has 0 aliphatic rings. The Hall–Kier alpha value is -3.07. The van der Waals surface area contributed by atoms with Crippen molar-refractivity contribution in [1.82, 2.24) is 19.9 Å². The molecule has 3 rings (SSSR count). The Bertz CT molecular complexity index is 972. The average Bonchev–Trinajstić information content (AvgIpc) is 2.98. The lowest BCUT2D eigenvalue weighted by molar-refractivity contribution is 0.0467. The van der Waals surface area contributed by atoms with Crippen LogP contribution in [0.5, 0.6) is 0 Å². The van der Waals surface area contributed by atoms with Gasteiger partial charge >= 0.3 is 5.97 Å². The lowest BCUT2D eigenvalue weighted by Gasteiger charge is -2.10. The van der Waals surface area contributed by atoms with Crippen LogP contribution in [0.15, 0.2) is 24.3 Å². The van der Waals surface area contributed by atoms with E-state index in [0.29, 0.717) is 16.5 Å². The van der Waals surface area contributed by atoms with Crippen LogP contribution >= 0.6 is 11.3 Å². The largest absolute Gasteiger partial charge is 0.453 e. The minimum Gasteiger partial charge on any atom is -0.453 e. The number of nitrogens with one attached hydrogen (secondary N) is 1. The molecule has 0 spiro atoms. The number of nitrogens with two attached hydrogens (primary N) is 1. The number of ether oxygens (including phenoxy) is 1. The lowest BCUT2D eigenvalue weighted by Crippen LogP contribution is -2.11. The molecule has 0 atom stereocenters. The van der Waals surface area contributed by atoms with E-state index in [9.17, 15) is 4.79 Å².